The molecule has 2 aliphatic rings. The molecule has 1 N–H and O–H groups in total. The summed E-state index contributed by atoms with van der Waals surface area (Å²) >= 11 is 14.3. The third-order valence-corrected chi connectivity index (χ3v) is 10.7. The zero-order valence-electron chi connectivity index (χ0n) is 28.6. The average Bonchev–Trinajstić information content (AvgIpc) is 3.76. The molecule has 3 aromatic heterocycles. The summed E-state index contributed by atoms with van der Waals surface area (Å²) in [5, 5.41) is 4.42. The van der Waals surface area contributed by atoms with Gasteiger partial charge in [0.2, 0.25) is 5.88 Å². The molecule has 4 heterocycles. The van der Waals surface area contributed by atoms with Crippen LogP contribution in [0.2, 0.25) is 10.0 Å². The van der Waals surface area contributed by atoms with Crippen LogP contribution in [0.5, 0.6) is 5.88 Å². The van der Waals surface area contributed by atoms with Crippen LogP contribution < -0.4 is 21.3 Å². The van der Waals surface area contributed by atoms with Crippen molar-refractivity contribution in [2.75, 3.05) is 25.5 Å². The van der Waals surface area contributed by atoms with E-state index in [9.17, 15) is 14.4 Å². The maximum Gasteiger partial charge on any atom is 2.00 e. The van der Waals surface area contributed by atoms with Crippen molar-refractivity contribution in [3.8, 4) is 28.3 Å². The number of nitrogens with one attached hydrogen (secondary N) is 1. The largest absolute Gasteiger partial charge is 2.00 e. The first-order chi connectivity index (χ1) is 24.1. The fourth-order valence-electron chi connectivity index (χ4n) is 7.39. The van der Waals surface area contributed by atoms with Crippen LogP contribution >= 0.6 is 23.2 Å². The Morgan fingerprint density at radius 1 is 1.02 bits per heavy atom. The fraction of sp³-hybridized carbons (Fsp3) is 0.316. The second kappa shape index (κ2) is 14.9. The molecule has 1 fully saturated rings. The van der Waals surface area contributed by atoms with E-state index >= 15 is 0 Å². The molecule has 1 atom stereocenters. The van der Waals surface area contributed by atoms with E-state index < -0.39 is 11.2 Å². The van der Waals surface area contributed by atoms with Crippen LogP contribution in [0, 0.1) is 12.8 Å². The molecule has 0 unspecified atom stereocenters. The van der Waals surface area contributed by atoms with Gasteiger partial charge in [-0.15, -0.1) is 6.54 Å². The summed E-state index contributed by atoms with van der Waals surface area (Å²) < 4.78 is 8.39. The quantitative estimate of drug-likeness (QED) is 0.128. The Hall–Kier alpha value is -3.99. The Morgan fingerprint density at radius 3 is 2.49 bits per heavy atom. The molecule has 7 rings (SSSR count). The molecular weight excluding hydrogens is 730 g/mol. The second-order valence-corrected chi connectivity index (χ2v) is 13.7. The Bertz CT molecular complexity index is 2290. The maximum absolute atomic E-state index is 13.3. The van der Waals surface area contributed by atoms with Crippen LogP contribution in [0.3, 0.4) is 0 Å². The summed E-state index contributed by atoms with van der Waals surface area (Å²) in [6.45, 7) is 3.64. The number of rotatable bonds is 9. The number of aryl methyl sites for hydroxylation is 3. The first-order valence-electron chi connectivity index (χ1n) is 16.5. The zero-order chi connectivity index (χ0) is 35.3. The molecule has 5 aromatic rings. The van der Waals surface area contributed by atoms with Gasteiger partial charge in [-0.1, -0.05) is 53.5 Å². The van der Waals surface area contributed by atoms with E-state index in [4.69, 9.17) is 32.9 Å². The molecule has 0 bridgehead atoms. The van der Waals surface area contributed by atoms with E-state index in [1.807, 2.05) is 36.6 Å². The van der Waals surface area contributed by atoms with Crippen molar-refractivity contribution in [2.45, 2.75) is 45.1 Å². The number of carbonyl (C=O) groups excluding carboxylic acids is 1. The van der Waals surface area contributed by atoms with Gasteiger partial charge in [-0.2, -0.15) is 12.8 Å². The normalized spacial score (nSPS) is 15.9. The number of hydrogen-bond acceptors (Lipinski definition) is 8. The number of anilines is 2. The number of ether oxygens (including phenoxy) is 1. The number of aromatic nitrogens is 4. The standard InChI is InChI=1S/C38H36Cl2N6O4.Mn/c1-21-18-30-32(37(48)45(3)38(49)44(30)2)35(41-21)42-27-12-6-10-25(34(27)40)24-9-5-11-26(33(24)39)28-19-23-13-14-29(31(23)36(43-28)50-4)46-16-15-22(20-46)8-7-17-47;/h5-6,9-12,18-19,29H,7-8,13-16,20H2,1-4H3,(H,41,42);/q-2;+2/t29-;/m0./s1. The van der Waals surface area contributed by atoms with Gasteiger partial charge in [0.25, 0.3) is 5.56 Å². The molecule has 51 heavy (non-hydrogen) atoms. The van der Waals surface area contributed by atoms with Gasteiger partial charge in [-0.3, -0.25) is 20.2 Å². The minimum Gasteiger partial charge on any atom is -0.542 e. The molecule has 1 aliphatic heterocycles. The van der Waals surface area contributed by atoms with Crippen LogP contribution in [0.25, 0.3) is 33.3 Å². The van der Waals surface area contributed by atoms with Crippen molar-refractivity contribution in [1.29, 1.82) is 0 Å². The van der Waals surface area contributed by atoms with Gasteiger partial charge in [0.05, 0.1) is 34.1 Å². The Balaban J connectivity index is 0.00000448. The maximum atomic E-state index is 13.3. The van der Waals surface area contributed by atoms with E-state index in [1.165, 1.54) is 23.1 Å². The zero-order valence-corrected chi connectivity index (χ0v) is 31.3. The van der Waals surface area contributed by atoms with E-state index in [1.54, 1.807) is 33.2 Å². The molecule has 2 aromatic carbocycles. The number of methoxy groups -OCH3 is 1. The molecule has 263 valence electrons. The third kappa shape index (κ3) is 6.62. The number of pyridine rings is 2. The first kappa shape index (κ1) is 36.8. The topological polar surface area (TPSA) is 111 Å². The van der Waals surface area contributed by atoms with Gasteiger partial charge in [-0.05, 0) is 50.1 Å². The van der Waals surface area contributed by atoms with Gasteiger partial charge in [-0.25, -0.2) is 21.2 Å². The molecule has 0 saturated carbocycles. The molecule has 0 amide bonds. The third-order valence-electron chi connectivity index (χ3n) is 9.92. The van der Waals surface area contributed by atoms with Crippen LogP contribution in [-0.4, -0.2) is 50.5 Å². The summed E-state index contributed by atoms with van der Waals surface area (Å²) in [6, 6.07) is 15.4. The van der Waals surface area contributed by atoms with Crippen molar-refractivity contribution in [3.63, 3.8) is 0 Å². The van der Waals surface area contributed by atoms with Crippen LogP contribution in [0.15, 0.2) is 58.1 Å². The number of halogens is 2. The van der Waals surface area contributed by atoms with Crippen molar-refractivity contribution in [3.05, 3.63) is 102 Å². The molecule has 10 nitrogen and oxygen atoms in total. The van der Waals surface area contributed by atoms with Gasteiger partial charge in [0.15, 0.2) is 0 Å². The second-order valence-electron chi connectivity index (χ2n) is 12.9. The van der Waals surface area contributed by atoms with E-state index in [0.717, 1.165) is 54.5 Å². The van der Waals surface area contributed by atoms with Gasteiger partial charge < -0.3 is 25.7 Å². The van der Waals surface area contributed by atoms with Gasteiger partial charge in [0, 0.05) is 48.1 Å². The smallest absolute Gasteiger partial charge is 0.542 e. The summed E-state index contributed by atoms with van der Waals surface area (Å²) in [6.07, 6.45) is 6.14. The average molecular weight is 767 g/mol. The number of likely N-dealkylation sites (tertiary alicyclic amines) is 1. The Kier molecular flexibility index (Phi) is 10.8. The minimum absolute atomic E-state index is 0. The number of benzene rings is 2. The van der Waals surface area contributed by atoms with Crippen molar-refractivity contribution >= 4 is 51.9 Å². The van der Waals surface area contributed by atoms with E-state index in [-0.39, 0.29) is 28.5 Å². The summed E-state index contributed by atoms with van der Waals surface area (Å²) in [7, 11) is 4.72. The first-order valence-corrected chi connectivity index (χ1v) is 17.3. The van der Waals surface area contributed by atoms with Gasteiger partial charge in [0.1, 0.15) is 11.2 Å². The fourth-order valence-corrected chi connectivity index (χ4v) is 7.99. The predicted octanol–water partition coefficient (Wildman–Crippen LogP) is 6.88. The van der Waals surface area contributed by atoms with Crippen LogP contribution in [-0.2, 0) is 42.4 Å². The summed E-state index contributed by atoms with van der Waals surface area (Å²) in [4.78, 5) is 48.7. The van der Waals surface area contributed by atoms with Gasteiger partial charge >= 0.3 is 22.8 Å². The Labute approximate surface area is 316 Å². The minimum atomic E-state index is -0.457. The number of fused-ring (bicyclic) bond motifs is 2. The molecule has 13 heteroatoms. The molecule has 0 spiro atoms. The van der Waals surface area contributed by atoms with Crippen molar-refractivity contribution in [1.82, 2.24) is 24.0 Å². The number of hydrogen-bond donors (Lipinski definition) is 1. The van der Waals surface area contributed by atoms with Crippen LogP contribution in [0.4, 0.5) is 11.5 Å². The predicted molar refractivity (Wildman–Crippen MR) is 197 cm³/mol. The van der Waals surface area contributed by atoms with Crippen LogP contribution in [0.1, 0.15) is 48.5 Å². The van der Waals surface area contributed by atoms with E-state index in [0.29, 0.717) is 61.9 Å². The van der Waals surface area contributed by atoms with Crippen molar-refractivity contribution in [2.24, 2.45) is 14.1 Å². The van der Waals surface area contributed by atoms with Crippen molar-refractivity contribution < 1.29 is 26.6 Å². The molecular formula is C38H36Cl2MnN6O4. The number of nitrogens with zero attached hydrogens (tertiary/aromatic N) is 5. The monoisotopic (exact) mass is 765 g/mol. The molecule has 1 radical (unpaired) electrons. The van der Waals surface area contributed by atoms with E-state index in [2.05, 4.69) is 21.3 Å². The molecule has 1 saturated heterocycles. The molecule has 1 aliphatic carbocycles. The summed E-state index contributed by atoms with van der Waals surface area (Å²) in [5.41, 5.74) is 5.92. The summed E-state index contributed by atoms with van der Waals surface area (Å²) in [5.74, 6) is 2.29. The SMILES string of the molecule is COc1nc(-c2cccc(-c3cccc(Nc4nc(C)cc5c4c(=O)n(C)c(=O)n5C)c3Cl)c2Cl)cc2c1[C@@H](N1CC[C-](CC[C-]=O)C1)CC2.[Mn+2]. The Morgan fingerprint density at radius 2 is 1.75 bits per heavy atom.